The van der Waals surface area contributed by atoms with Crippen LogP contribution in [-0.4, -0.2) is 72.5 Å². The molecule has 0 bridgehead atoms. The van der Waals surface area contributed by atoms with Crippen LogP contribution in [0.4, 0.5) is 5.69 Å². The molecule has 10 heteroatoms. The first kappa shape index (κ1) is 21.5. The summed E-state index contributed by atoms with van der Waals surface area (Å²) in [5, 5.41) is 22.2. The van der Waals surface area contributed by atoms with Crippen LogP contribution in [0.5, 0.6) is 11.5 Å². The Kier molecular flexibility index (Phi) is 7.05. The number of ether oxygens (including phenoxy) is 2. The van der Waals surface area contributed by atoms with Gasteiger partial charge in [-0.05, 0) is 32.0 Å². The van der Waals surface area contributed by atoms with Gasteiger partial charge in [0.15, 0.2) is 11.5 Å². The summed E-state index contributed by atoms with van der Waals surface area (Å²) in [7, 11) is 0. The van der Waals surface area contributed by atoms with E-state index in [-0.39, 0.29) is 46.0 Å². The Morgan fingerprint density at radius 3 is 2.72 bits per heavy atom. The number of carboxylic acid groups (broad SMARTS) is 1. The number of carboxylic acids is 1. The van der Waals surface area contributed by atoms with Gasteiger partial charge < -0.3 is 35.6 Å². The van der Waals surface area contributed by atoms with Gasteiger partial charge in [0.25, 0.3) is 5.91 Å². The van der Waals surface area contributed by atoms with Crippen LogP contribution in [0, 0.1) is 5.92 Å². The van der Waals surface area contributed by atoms with Crippen LogP contribution < -0.4 is 20.5 Å². The molecule has 0 saturated carbocycles. The Hall–Kier alpha value is -2.23. The predicted octanol–water partition coefficient (Wildman–Crippen LogP) is 0.971. The zero-order valence-electron chi connectivity index (χ0n) is 16.0. The molecule has 2 atom stereocenters. The van der Waals surface area contributed by atoms with Gasteiger partial charge in [-0.25, -0.2) is 0 Å². The molecule has 2 aliphatic rings. The summed E-state index contributed by atoms with van der Waals surface area (Å²) >= 11 is 6.14. The molecule has 0 radical (unpaired) electrons. The summed E-state index contributed by atoms with van der Waals surface area (Å²) in [6.45, 7) is 2.79. The van der Waals surface area contributed by atoms with Crippen molar-refractivity contribution in [2.45, 2.75) is 25.4 Å². The summed E-state index contributed by atoms with van der Waals surface area (Å²) < 4.78 is 11.1. The first-order chi connectivity index (χ1) is 13.9. The molecule has 160 valence electrons. The lowest BCUT2D eigenvalue weighted by Crippen LogP contribution is -2.47. The molecule has 1 saturated heterocycles. The smallest absolute Gasteiger partial charge is 0.303 e. The third-order valence-electron chi connectivity index (χ3n) is 5.22. The minimum atomic E-state index is -0.817. The first-order valence-corrected chi connectivity index (χ1v) is 10.0. The number of aliphatic carboxylic acids is 1. The number of likely N-dealkylation sites (tertiary alicyclic amines) is 1. The molecule has 29 heavy (non-hydrogen) atoms. The maximum Gasteiger partial charge on any atom is 0.303 e. The summed E-state index contributed by atoms with van der Waals surface area (Å²) in [5.74, 6) is -0.722. The van der Waals surface area contributed by atoms with Crippen LogP contribution in [0.3, 0.4) is 0 Å². The van der Waals surface area contributed by atoms with Crippen LogP contribution in [0.25, 0.3) is 0 Å². The number of nitrogen functional groups attached to an aromatic ring is 1. The van der Waals surface area contributed by atoms with Crippen LogP contribution in [-0.2, 0) is 4.79 Å². The van der Waals surface area contributed by atoms with E-state index in [1.54, 1.807) is 0 Å². The minimum absolute atomic E-state index is 0.0904. The molecule has 2 aliphatic heterocycles. The van der Waals surface area contributed by atoms with E-state index < -0.39 is 12.1 Å². The molecular formula is C19H26ClN3O6. The number of amides is 1. The topological polar surface area (TPSA) is 134 Å². The second kappa shape index (κ2) is 9.51. The maximum absolute atomic E-state index is 12.7. The number of aliphatic hydroxyl groups is 1. The normalized spacial score (nSPS) is 21.6. The van der Waals surface area contributed by atoms with Crippen molar-refractivity contribution in [2.75, 3.05) is 45.1 Å². The number of halogens is 1. The van der Waals surface area contributed by atoms with E-state index in [4.69, 9.17) is 31.9 Å². The molecule has 1 unspecified atom stereocenters. The molecule has 2 heterocycles. The lowest BCUT2D eigenvalue weighted by atomic mass is 9.93. The molecule has 1 amide bonds. The highest BCUT2D eigenvalue weighted by Gasteiger charge is 2.29. The molecule has 1 fully saturated rings. The highest BCUT2D eigenvalue weighted by atomic mass is 35.5. The molecule has 9 nitrogen and oxygen atoms in total. The number of β-amino-alcohol motifs (C(OH)–C–C–N with tert-alkyl or cyclic N) is 1. The summed E-state index contributed by atoms with van der Waals surface area (Å²) in [5.41, 5.74) is 6.37. The number of carbonyl (C=O) groups excluding carboxylic acids is 1. The maximum atomic E-state index is 12.7. The van der Waals surface area contributed by atoms with E-state index in [0.717, 1.165) is 6.54 Å². The number of benzene rings is 1. The van der Waals surface area contributed by atoms with E-state index in [1.807, 2.05) is 4.90 Å². The fourth-order valence-corrected chi connectivity index (χ4v) is 3.82. The van der Waals surface area contributed by atoms with Crippen LogP contribution in [0.15, 0.2) is 6.07 Å². The van der Waals surface area contributed by atoms with Crippen molar-refractivity contribution < 1.29 is 29.3 Å². The van der Waals surface area contributed by atoms with Crippen molar-refractivity contribution >= 4 is 29.2 Å². The SMILES string of the molecule is Nc1cc(C(=O)NC[C@@H]2CCN(CCCC(=O)O)CC2O)c2c(c1Cl)OCCO2. The van der Waals surface area contributed by atoms with Crippen molar-refractivity contribution in [1.29, 1.82) is 0 Å². The Labute approximate surface area is 173 Å². The number of anilines is 1. The third-order valence-corrected chi connectivity index (χ3v) is 5.61. The standard InChI is InChI=1S/C19H26ClN3O6/c20-16-13(21)8-12(17-18(16)29-7-6-28-17)19(27)22-9-11-3-5-23(10-14(11)24)4-1-2-15(25)26/h8,11,14,24H,1-7,9-10,21H2,(H,22,27)(H,25,26)/t11-,14?/m0/s1. The summed E-state index contributed by atoms with van der Waals surface area (Å²) in [6.07, 6.45) is 0.772. The van der Waals surface area contributed by atoms with Crippen molar-refractivity contribution in [3.63, 3.8) is 0 Å². The zero-order valence-corrected chi connectivity index (χ0v) is 16.8. The highest BCUT2D eigenvalue weighted by molar-refractivity contribution is 6.35. The quantitative estimate of drug-likeness (QED) is 0.473. The third kappa shape index (κ3) is 5.23. The minimum Gasteiger partial charge on any atom is -0.485 e. The van der Waals surface area contributed by atoms with Crippen LogP contribution in [0.2, 0.25) is 5.02 Å². The highest BCUT2D eigenvalue weighted by Crippen LogP contribution is 2.43. The van der Waals surface area contributed by atoms with E-state index in [1.165, 1.54) is 6.07 Å². The Bertz CT molecular complexity index is 775. The number of aliphatic hydroxyl groups excluding tert-OH is 1. The van der Waals surface area contributed by atoms with Crippen molar-refractivity contribution in [2.24, 2.45) is 5.92 Å². The second-order valence-corrected chi connectivity index (χ2v) is 7.68. The molecule has 1 aromatic rings. The van der Waals surface area contributed by atoms with Crippen molar-refractivity contribution in [1.82, 2.24) is 10.2 Å². The van der Waals surface area contributed by atoms with Gasteiger partial charge >= 0.3 is 5.97 Å². The molecule has 0 spiro atoms. The number of fused-ring (bicyclic) bond motifs is 1. The summed E-state index contributed by atoms with van der Waals surface area (Å²) in [4.78, 5) is 25.4. The molecule has 3 rings (SSSR count). The van der Waals surface area contributed by atoms with E-state index >= 15 is 0 Å². The number of nitrogens with two attached hydrogens (primary N) is 1. The zero-order chi connectivity index (χ0) is 21.0. The number of nitrogens with one attached hydrogen (secondary N) is 1. The molecule has 0 aromatic heterocycles. The molecule has 0 aliphatic carbocycles. The van der Waals surface area contributed by atoms with Gasteiger partial charge in [0.2, 0.25) is 0 Å². The Morgan fingerprint density at radius 2 is 2.03 bits per heavy atom. The lowest BCUT2D eigenvalue weighted by molar-refractivity contribution is -0.137. The fourth-order valence-electron chi connectivity index (χ4n) is 3.63. The number of rotatable bonds is 7. The van der Waals surface area contributed by atoms with Gasteiger partial charge in [-0.2, -0.15) is 0 Å². The van der Waals surface area contributed by atoms with Crippen LogP contribution >= 0.6 is 11.6 Å². The van der Waals surface area contributed by atoms with Crippen LogP contribution in [0.1, 0.15) is 29.6 Å². The van der Waals surface area contributed by atoms with E-state index in [9.17, 15) is 14.7 Å². The summed E-state index contributed by atoms with van der Waals surface area (Å²) in [6, 6.07) is 1.46. The lowest BCUT2D eigenvalue weighted by Gasteiger charge is -2.36. The molecule has 1 aromatic carbocycles. The van der Waals surface area contributed by atoms with Gasteiger partial charge in [0.1, 0.15) is 18.2 Å². The van der Waals surface area contributed by atoms with Gasteiger partial charge in [0, 0.05) is 25.4 Å². The number of nitrogens with zero attached hydrogens (tertiary/aromatic N) is 1. The Morgan fingerprint density at radius 1 is 1.31 bits per heavy atom. The van der Waals surface area contributed by atoms with Gasteiger partial charge in [-0.15, -0.1) is 0 Å². The average molecular weight is 428 g/mol. The Balaban J connectivity index is 1.55. The number of hydrogen-bond donors (Lipinski definition) is 4. The molecule has 5 N–H and O–H groups in total. The number of carbonyl (C=O) groups is 2. The van der Waals surface area contributed by atoms with Gasteiger partial charge in [0.05, 0.1) is 17.4 Å². The largest absolute Gasteiger partial charge is 0.485 e. The van der Waals surface area contributed by atoms with E-state index in [2.05, 4.69) is 5.32 Å². The average Bonchev–Trinajstić information content (AvgIpc) is 2.69. The predicted molar refractivity (Wildman–Crippen MR) is 107 cm³/mol. The first-order valence-electron chi connectivity index (χ1n) is 9.64. The van der Waals surface area contributed by atoms with Crippen molar-refractivity contribution in [3.8, 4) is 11.5 Å². The number of piperidine rings is 1. The molecular weight excluding hydrogens is 402 g/mol. The van der Waals surface area contributed by atoms with Gasteiger partial charge in [-0.1, -0.05) is 11.6 Å². The number of hydrogen-bond acceptors (Lipinski definition) is 7. The van der Waals surface area contributed by atoms with E-state index in [0.29, 0.717) is 45.7 Å². The second-order valence-electron chi connectivity index (χ2n) is 7.31. The van der Waals surface area contributed by atoms with Crippen molar-refractivity contribution in [3.05, 3.63) is 16.7 Å². The monoisotopic (exact) mass is 427 g/mol. The fraction of sp³-hybridized carbons (Fsp3) is 0.579. The van der Waals surface area contributed by atoms with Gasteiger partial charge in [-0.3, -0.25) is 9.59 Å².